The molecule has 3 aliphatic rings. The lowest BCUT2D eigenvalue weighted by Gasteiger charge is -2.42. The minimum absolute atomic E-state index is 0.389. The van der Waals surface area contributed by atoms with E-state index >= 15 is 0 Å². The van der Waals surface area contributed by atoms with Crippen molar-refractivity contribution in [1.29, 1.82) is 0 Å². The van der Waals surface area contributed by atoms with Crippen LogP contribution >= 0.6 is 67.8 Å². The lowest BCUT2D eigenvalue weighted by molar-refractivity contribution is 0.748. The van der Waals surface area contributed by atoms with Gasteiger partial charge >= 0.3 is 0 Å². The van der Waals surface area contributed by atoms with E-state index in [4.69, 9.17) is 0 Å². The van der Waals surface area contributed by atoms with Gasteiger partial charge in [0.15, 0.2) is 0 Å². The molecule has 2 bridgehead atoms. The maximum absolute atomic E-state index is 2.51. The van der Waals surface area contributed by atoms with Crippen LogP contribution in [0.15, 0.2) is 54.6 Å². The fourth-order valence-electron chi connectivity index (χ4n) is 4.21. The second-order valence-corrected chi connectivity index (χ2v) is 9.81. The highest BCUT2D eigenvalue weighted by atomic mass is 127. The average molecular weight is 632 g/mol. The molecule has 112 valence electrons. The fourth-order valence-corrected chi connectivity index (χ4v) is 6.07. The van der Waals surface area contributed by atoms with Crippen molar-refractivity contribution in [3.05, 3.63) is 98.7 Å². The Morgan fingerprint density at radius 3 is 1.87 bits per heavy atom. The van der Waals surface area contributed by atoms with Crippen molar-refractivity contribution in [2.75, 3.05) is 0 Å². The monoisotopic (exact) mass is 632 g/mol. The van der Waals surface area contributed by atoms with Crippen LogP contribution in [0, 0.1) is 10.7 Å². The summed E-state index contributed by atoms with van der Waals surface area (Å²) in [5.41, 5.74) is 9.05. The summed E-state index contributed by atoms with van der Waals surface area (Å²) in [7, 11) is 0. The molecule has 0 saturated heterocycles. The first-order valence-corrected chi connectivity index (χ1v) is 10.8. The van der Waals surface area contributed by atoms with Gasteiger partial charge in [-0.15, -0.1) is 0 Å². The van der Waals surface area contributed by atoms with E-state index in [2.05, 4.69) is 122 Å². The van der Waals surface area contributed by atoms with E-state index in [1.54, 1.807) is 0 Å². The van der Waals surface area contributed by atoms with E-state index in [9.17, 15) is 0 Å². The zero-order chi connectivity index (χ0) is 15.7. The second kappa shape index (κ2) is 5.42. The number of halogens is 3. The summed E-state index contributed by atoms with van der Waals surface area (Å²) in [5, 5.41) is 0. The minimum Gasteiger partial charge on any atom is -0.0609 e. The maximum Gasteiger partial charge on any atom is 0.0360 e. The molecule has 2 atom stereocenters. The lowest BCUT2D eigenvalue weighted by Crippen LogP contribution is -2.28. The Bertz CT molecular complexity index is 973. The quantitative estimate of drug-likeness (QED) is 0.172. The van der Waals surface area contributed by atoms with E-state index in [0.29, 0.717) is 11.8 Å². The van der Waals surface area contributed by atoms with E-state index in [1.807, 2.05) is 0 Å². The molecule has 0 amide bonds. The molecule has 0 heterocycles. The smallest absolute Gasteiger partial charge is 0.0360 e. The Hall–Kier alpha value is -0.150. The predicted octanol–water partition coefficient (Wildman–Crippen LogP) is 6.49. The lowest BCUT2D eigenvalue weighted by atomic mass is 9.61. The van der Waals surface area contributed by atoms with Gasteiger partial charge in [0, 0.05) is 22.5 Å². The molecule has 0 aromatic heterocycles. The van der Waals surface area contributed by atoms with Gasteiger partial charge in [0.1, 0.15) is 0 Å². The Kier molecular flexibility index (Phi) is 3.57. The van der Waals surface area contributed by atoms with Crippen molar-refractivity contribution in [2.45, 2.75) is 11.8 Å². The Balaban J connectivity index is 1.92. The van der Waals surface area contributed by atoms with Gasteiger partial charge in [0.25, 0.3) is 0 Å². The third kappa shape index (κ3) is 2.11. The predicted molar refractivity (Wildman–Crippen MR) is 119 cm³/mol. The van der Waals surface area contributed by atoms with Gasteiger partial charge in [-0.05, 0) is 131 Å². The van der Waals surface area contributed by atoms with Crippen LogP contribution < -0.4 is 0 Å². The summed E-state index contributed by atoms with van der Waals surface area (Å²) >= 11 is 7.38. The van der Waals surface area contributed by atoms with Gasteiger partial charge in [-0.3, -0.25) is 0 Å². The standard InChI is InChI=1S/C20H11I3/c21-10-5-7-13-15(8-10)18-12-6-4-11(22)9-16(12)19(13)20-14(18)2-1-3-17(20)23/h1-9,18-19H. The third-order valence-electron chi connectivity index (χ3n) is 5.03. The van der Waals surface area contributed by atoms with E-state index in [-0.39, 0.29) is 0 Å². The van der Waals surface area contributed by atoms with Gasteiger partial charge in [0.2, 0.25) is 0 Å². The Morgan fingerprint density at radius 1 is 0.565 bits per heavy atom. The van der Waals surface area contributed by atoms with Crippen LogP contribution in [-0.4, -0.2) is 0 Å². The molecular formula is C20H11I3. The fraction of sp³-hybridized carbons (Fsp3) is 0.100. The summed E-state index contributed by atoms with van der Waals surface area (Å²) in [6, 6.07) is 20.8. The molecule has 3 heteroatoms. The summed E-state index contributed by atoms with van der Waals surface area (Å²) < 4.78 is 4.05. The summed E-state index contributed by atoms with van der Waals surface area (Å²) in [6.45, 7) is 0. The SMILES string of the molecule is Ic1ccc2c(c1)C1c3ccc(I)cc3C2c2c(I)cccc21. The van der Waals surface area contributed by atoms with Gasteiger partial charge < -0.3 is 0 Å². The van der Waals surface area contributed by atoms with Crippen LogP contribution in [0.25, 0.3) is 0 Å². The van der Waals surface area contributed by atoms with Crippen molar-refractivity contribution in [3.63, 3.8) is 0 Å². The van der Waals surface area contributed by atoms with E-state index in [1.165, 1.54) is 44.1 Å². The summed E-state index contributed by atoms with van der Waals surface area (Å²) in [5.74, 6) is 0.779. The van der Waals surface area contributed by atoms with Gasteiger partial charge in [0.05, 0.1) is 0 Å². The molecule has 3 aliphatic carbocycles. The zero-order valence-corrected chi connectivity index (χ0v) is 18.5. The average Bonchev–Trinajstić information content (AvgIpc) is 2.54. The van der Waals surface area contributed by atoms with Crippen LogP contribution in [0.2, 0.25) is 0 Å². The number of hydrogen-bond acceptors (Lipinski definition) is 0. The number of hydrogen-bond donors (Lipinski definition) is 0. The highest BCUT2D eigenvalue weighted by Crippen LogP contribution is 2.56. The first-order chi connectivity index (χ1) is 11.1. The summed E-state index contributed by atoms with van der Waals surface area (Å²) in [4.78, 5) is 0. The number of rotatable bonds is 0. The topological polar surface area (TPSA) is 0 Å². The third-order valence-corrected chi connectivity index (χ3v) is 7.31. The van der Waals surface area contributed by atoms with Crippen LogP contribution in [0.1, 0.15) is 45.2 Å². The highest BCUT2D eigenvalue weighted by Gasteiger charge is 2.42. The molecule has 23 heavy (non-hydrogen) atoms. The molecular weight excluding hydrogens is 621 g/mol. The van der Waals surface area contributed by atoms with Crippen molar-refractivity contribution < 1.29 is 0 Å². The molecule has 0 spiro atoms. The summed E-state index contributed by atoms with van der Waals surface area (Å²) in [6.07, 6.45) is 0. The van der Waals surface area contributed by atoms with Crippen molar-refractivity contribution in [1.82, 2.24) is 0 Å². The molecule has 0 radical (unpaired) electrons. The van der Waals surface area contributed by atoms with Gasteiger partial charge in [-0.1, -0.05) is 24.3 Å². The molecule has 0 aliphatic heterocycles. The van der Waals surface area contributed by atoms with Crippen LogP contribution in [-0.2, 0) is 0 Å². The normalized spacial score (nSPS) is 20.0. The highest BCUT2D eigenvalue weighted by molar-refractivity contribution is 14.1. The second-order valence-electron chi connectivity index (χ2n) is 6.16. The van der Waals surface area contributed by atoms with Crippen LogP contribution in [0.5, 0.6) is 0 Å². The van der Waals surface area contributed by atoms with Crippen molar-refractivity contribution in [2.24, 2.45) is 0 Å². The molecule has 2 unspecified atom stereocenters. The molecule has 0 nitrogen and oxygen atoms in total. The van der Waals surface area contributed by atoms with Crippen LogP contribution in [0.3, 0.4) is 0 Å². The van der Waals surface area contributed by atoms with Crippen LogP contribution in [0.4, 0.5) is 0 Å². The van der Waals surface area contributed by atoms with E-state index in [0.717, 1.165) is 0 Å². The molecule has 0 fully saturated rings. The molecule has 6 rings (SSSR count). The maximum atomic E-state index is 2.51. The molecule has 3 aromatic carbocycles. The Labute approximate surface area is 176 Å². The minimum atomic E-state index is 0.389. The molecule has 0 saturated carbocycles. The Morgan fingerprint density at radius 2 is 1.17 bits per heavy atom. The van der Waals surface area contributed by atoms with Crippen molar-refractivity contribution >= 4 is 67.8 Å². The number of benzene rings is 3. The van der Waals surface area contributed by atoms with E-state index < -0.39 is 0 Å². The van der Waals surface area contributed by atoms with Gasteiger partial charge in [-0.2, -0.15) is 0 Å². The van der Waals surface area contributed by atoms with Crippen molar-refractivity contribution in [3.8, 4) is 0 Å². The first-order valence-electron chi connectivity index (χ1n) is 7.52. The first kappa shape index (κ1) is 15.1. The zero-order valence-electron chi connectivity index (χ0n) is 12.0. The molecule has 0 N–H and O–H groups in total. The largest absolute Gasteiger partial charge is 0.0609 e. The van der Waals surface area contributed by atoms with Gasteiger partial charge in [-0.25, -0.2) is 0 Å². The molecule has 3 aromatic rings.